The molecule has 0 bridgehead atoms. The molecule has 1 amide bonds. The highest BCUT2D eigenvalue weighted by Gasteiger charge is 2.19. The summed E-state index contributed by atoms with van der Waals surface area (Å²) in [5, 5.41) is 11.1. The molecule has 7 nitrogen and oxygen atoms in total. The van der Waals surface area contributed by atoms with Crippen molar-refractivity contribution in [2.75, 3.05) is 5.32 Å². The first kappa shape index (κ1) is 20.1. The minimum absolute atomic E-state index is 0.0367. The Kier molecular flexibility index (Phi) is 5.87. The highest BCUT2D eigenvalue weighted by atomic mass is 32.2. The molecule has 28 heavy (non-hydrogen) atoms. The Morgan fingerprint density at radius 2 is 1.68 bits per heavy atom. The van der Waals surface area contributed by atoms with Gasteiger partial charge in [0.2, 0.25) is 15.0 Å². The van der Waals surface area contributed by atoms with E-state index in [-0.39, 0.29) is 22.4 Å². The lowest BCUT2D eigenvalue weighted by Gasteiger charge is -2.11. The van der Waals surface area contributed by atoms with Gasteiger partial charge in [0, 0.05) is 5.69 Å². The van der Waals surface area contributed by atoms with E-state index >= 15 is 0 Å². The number of para-hydroxylation sites is 1. The third kappa shape index (κ3) is 4.61. The molecule has 1 aromatic heterocycles. The van der Waals surface area contributed by atoms with Gasteiger partial charge in [0.25, 0.3) is 5.91 Å². The Morgan fingerprint density at radius 1 is 1.00 bits per heavy atom. The summed E-state index contributed by atoms with van der Waals surface area (Å²) in [5.41, 5.74) is 3.27. The maximum atomic E-state index is 12.6. The third-order valence-corrected chi connectivity index (χ3v) is 6.65. The molecule has 3 rings (SSSR count). The van der Waals surface area contributed by atoms with Gasteiger partial charge in [0.05, 0.1) is 11.4 Å². The number of carbonyl (C=O) groups is 1. The van der Waals surface area contributed by atoms with Crippen LogP contribution in [0, 0.1) is 20.8 Å². The maximum absolute atomic E-state index is 12.6. The van der Waals surface area contributed by atoms with E-state index in [0.717, 1.165) is 22.5 Å². The number of anilines is 1. The summed E-state index contributed by atoms with van der Waals surface area (Å²) in [7, 11) is -3.70. The second-order valence-corrected chi connectivity index (χ2v) is 9.15. The molecule has 146 valence electrons. The Balaban J connectivity index is 1.68. The number of hydrogen-bond acceptors (Lipinski definition) is 6. The van der Waals surface area contributed by atoms with Gasteiger partial charge in [-0.1, -0.05) is 35.6 Å². The zero-order valence-corrected chi connectivity index (χ0v) is 17.3. The van der Waals surface area contributed by atoms with Crippen LogP contribution in [0.1, 0.15) is 31.5 Å². The molecular formula is C19H20N4O3S2. The monoisotopic (exact) mass is 416 g/mol. The molecule has 3 aromatic rings. The fourth-order valence-corrected chi connectivity index (χ4v) is 4.64. The minimum Gasteiger partial charge on any atom is -0.320 e. The van der Waals surface area contributed by atoms with E-state index in [4.69, 9.17) is 0 Å². The number of nitrogens with zero attached hydrogens (tertiary/aromatic N) is 2. The zero-order valence-electron chi connectivity index (χ0n) is 15.7. The van der Waals surface area contributed by atoms with Crippen LogP contribution in [0.2, 0.25) is 0 Å². The summed E-state index contributed by atoms with van der Waals surface area (Å²) in [6.07, 6.45) is 0. The molecule has 0 unspecified atom stereocenters. The largest absolute Gasteiger partial charge is 0.320 e. The first-order chi connectivity index (χ1) is 13.3. The molecule has 0 aliphatic heterocycles. The number of nitrogens with one attached hydrogen (secondary N) is 2. The molecule has 0 spiro atoms. The number of benzene rings is 2. The number of aryl methyl sites for hydroxylation is 3. The van der Waals surface area contributed by atoms with Crippen LogP contribution < -0.4 is 10.0 Å². The summed E-state index contributed by atoms with van der Waals surface area (Å²) < 4.78 is 27.8. The topological polar surface area (TPSA) is 101 Å². The van der Waals surface area contributed by atoms with E-state index in [2.05, 4.69) is 20.2 Å². The van der Waals surface area contributed by atoms with Crippen LogP contribution in [0.3, 0.4) is 0 Å². The number of sulfonamides is 1. The van der Waals surface area contributed by atoms with E-state index in [9.17, 15) is 13.2 Å². The first-order valence-corrected chi connectivity index (χ1v) is 10.8. The van der Waals surface area contributed by atoms with Crippen LogP contribution in [0.4, 0.5) is 5.69 Å². The Labute approximate surface area is 167 Å². The molecular weight excluding hydrogens is 396 g/mol. The molecule has 0 fully saturated rings. The minimum atomic E-state index is -3.70. The van der Waals surface area contributed by atoms with E-state index in [1.807, 2.05) is 38.1 Å². The van der Waals surface area contributed by atoms with Crippen molar-refractivity contribution >= 4 is 33.0 Å². The van der Waals surface area contributed by atoms with Crippen LogP contribution in [0.25, 0.3) is 0 Å². The molecule has 0 saturated heterocycles. The zero-order chi connectivity index (χ0) is 20.3. The summed E-state index contributed by atoms with van der Waals surface area (Å²) >= 11 is 1.04. The highest BCUT2D eigenvalue weighted by Crippen LogP contribution is 2.20. The van der Waals surface area contributed by atoms with E-state index in [0.29, 0.717) is 16.3 Å². The predicted octanol–water partition coefficient (Wildman–Crippen LogP) is 3.19. The molecule has 0 aliphatic carbocycles. The second-order valence-electron chi connectivity index (χ2n) is 6.35. The molecule has 0 aliphatic rings. The number of aromatic nitrogens is 2. The van der Waals surface area contributed by atoms with Crippen LogP contribution in [0.15, 0.2) is 47.4 Å². The van der Waals surface area contributed by atoms with E-state index in [1.54, 1.807) is 25.1 Å². The second kappa shape index (κ2) is 8.17. The van der Waals surface area contributed by atoms with Gasteiger partial charge < -0.3 is 5.32 Å². The lowest BCUT2D eigenvalue weighted by atomic mass is 10.1. The summed E-state index contributed by atoms with van der Waals surface area (Å²) in [6.45, 7) is 5.54. The molecule has 2 aromatic carbocycles. The number of rotatable bonds is 6. The van der Waals surface area contributed by atoms with Gasteiger partial charge in [0.15, 0.2) is 0 Å². The van der Waals surface area contributed by atoms with Crippen LogP contribution >= 0.6 is 11.3 Å². The Hall–Kier alpha value is -2.62. The van der Waals surface area contributed by atoms with Crippen molar-refractivity contribution in [3.63, 3.8) is 0 Å². The normalized spacial score (nSPS) is 11.4. The number of hydrogen-bond donors (Lipinski definition) is 2. The predicted molar refractivity (Wildman–Crippen MR) is 109 cm³/mol. The SMILES string of the molecule is Cc1cc(C)c(S(=O)(=O)NCc2nnc(C(=O)Nc3ccccc3)s2)cc1C. The van der Waals surface area contributed by atoms with Gasteiger partial charge in [-0.05, 0) is 55.7 Å². The number of carbonyl (C=O) groups excluding carboxylic acids is 1. The molecule has 1 heterocycles. The van der Waals surface area contributed by atoms with Crippen molar-refractivity contribution in [1.29, 1.82) is 0 Å². The van der Waals surface area contributed by atoms with Crippen LogP contribution in [0.5, 0.6) is 0 Å². The lowest BCUT2D eigenvalue weighted by Crippen LogP contribution is -2.24. The molecule has 0 radical (unpaired) electrons. The van der Waals surface area contributed by atoms with E-state index < -0.39 is 10.0 Å². The molecule has 0 saturated carbocycles. The lowest BCUT2D eigenvalue weighted by molar-refractivity contribution is 0.102. The Morgan fingerprint density at radius 3 is 2.39 bits per heavy atom. The van der Waals surface area contributed by atoms with Gasteiger partial charge in [-0.2, -0.15) is 0 Å². The van der Waals surface area contributed by atoms with Crippen molar-refractivity contribution in [1.82, 2.24) is 14.9 Å². The van der Waals surface area contributed by atoms with Crippen molar-refractivity contribution in [2.45, 2.75) is 32.2 Å². The first-order valence-electron chi connectivity index (χ1n) is 8.52. The third-order valence-electron chi connectivity index (χ3n) is 4.19. The molecule has 9 heteroatoms. The van der Waals surface area contributed by atoms with Gasteiger partial charge in [0.1, 0.15) is 5.01 Å². The smallest absolute Gasteiger partial charge is 0.286 e. The standard InChI is InChI=1S/C19H20N4O3S2/c1-12-9-14(3)16(10-13(12)2)28(25,26)20-11-17-22-23-19(27-17)18(24)21-15-7-5-4-6-8-15/h4-10,20H,11H2,1-3H3,(H,21,24). The highest BCUT2D eigenvalue weighted by molar-refractivity contribution is 7.89. The van der Waals surface area contributed by atoms with Crippen LogP contribution in [-0.2, 0) is 16.6 Å². The molecule has 0 atom stereocenters. The summed E-state index contributed by atoms with van der Waals surface area (Å²) in [6, 6.07) is 12.5. The van der Waals surface area contributed by atoms with Gasteiger partial charge in [-0.25, -0.2) is 13.1 Å². The quantitative estimate of drug-likeness (QED) is 0.643. The van der Waals surface area contributed by atoms with E-state index in [1.165, 1.54) is 0 Å². The van der Waals surface area contributed by atoms with Crippen molar-refractivity contribution in [3.05, 3.63) is 69.2 Å². The average molecular weight is 417 g/mol. The van der Waals surface area contributed by atoms with Crippen LogP contribution in [-0.4, -0.2) is 24.5 Å². The fraction of sp³-hybridized carbons (Fsp3) is 0.211. The van der Waals surface area contributed by atoms with Gasteiger partial charge in [-0.15, -0.1) is 10.2 Å². The van der Waals surface area contributed by atoms with Crippen molar-refractivity contribution in [3.8, 4) is 0 Å². The van der Waals surface area contributed by atoms with Crippen molar-refractivity contribution < 1.29 is 13.2 Å². The maximum Gasteiger partial charge on any atom is 0.286 e. The van der Waals surface area contributed by atoms with Gasteiger partial charge in [-0.3, -0.25) is 4.79 Å². The van der Waals surface area contributed by atoms with Gasteiger partial charge >= 0.3 is 0 Å². The fourth-order valence-electron chi connectivity index (χ4n) is 2.58. The summed E-state index contributed by atoms with van der Waals surface area (Å²) in [4.78, 5) is 12.5. The molecule has 2 N–H and O–H groups in total. The van der Waals surface area contributed by atoms with Crippen molar-refractivity contribution in [2.24, 2.45) is 0 Å². The number of amides is 1. The summed E-state index contributed by atoms with van der Waals surface area (Å²) in [5.74, 6) is -0.386. The average Bonchev–Trinajstić information content (AvgIpc) is 3.13. The Bertz CT molecular complexity index is 1110.